The van der Waals surface area contributed by atoms with E-state index in [1.54, 1.807) is 0 Å². The Morgan fingerprint density at radius 3 is 3.00 bits per heavy atom. The molecule has 0 heterocycles. The zero-order chi connectivity index (χ0) is 12.3. The smallest absolute Gasteiger partial charge is 0.0474 e. The highest BCUT2D eigenvalue weighted by atomic mass is 79.9. The van der Waals surface area contributed by atoms with Gasteiger partial charge in [-0.2, -0.15) is 0 Å². The van der Waals surface area contributed by atoms with Crippen molar-refractivity contribution in [3.8, 4) is 0 Å². The Kier molecular flexibility index (Phi) is 4.60. The summed E-state index contributed by atoms with van der Waals surface area (Å²) >= 11 is 3.50. The van der Waals surface area contributed by atoms with Gasteiger partial charge < -0.3 is 10.4 Å². The Balaban J connectivity index is 1.99. The highest BCUT2D eigenvalue weighted by Gasteiger charge is 2.27. The van der Waals surface area contributed by atoms with Crippen LogP contribution < -0.4 is 5.32 Å². The zero-order valence-corrected chi connectivity index (χ0v) is 11.8. The van der Waals surface area contributed by atoms with Crippen molar-refractivity contribution in [1.82, 2.24) is 5.32 Å². The zero-order valence-electron chi connectivity index (χ0n) is 10.2. The number of aliphatic hydroxyl groups is 1. The predicted octanol–water partition coefficient (Wildman–Crippen LogP) is 3.26. The summed E-state index contributed by atoms with van der Waals surface area (Å²) in [5.41, 5.74) is 1.29. The summed E-state index contributed by atoms with van der Waals surface area (Å²) in [6.07, 6.45) is 3.57. The van der Waals surface area contributed by atoms with E-state index >= 15 is 0 Å². The minimum atomic E-state index is 0.308. The minimum Gasteiger partial charge on any atom is -0.396 e. The molecule has 1 aromatic carbocycles. The summed E-state index contributed by atoms with van der Waals surface area (Å²) in [6.45, 7) is 2.50. The van der Waals surface area contributed by atoms with Crippen molar-refractivity contribution in [2.24, 2.45) is 5.92 Å². The Labute approximate surface area is 112 Å². The first kappa shape index (κ1) is 13.1. The fourth-order valence-electron chi connectivity index (χ4n) is 2.67. The summed E-state index contributed by atoms with van der Waals surface area (Å²) in [5, 5.41) is 13.0. The van der Waals surface area contributed by atoms with Crippen molar-refractivity contribution in [1.29, 1.82) is 0 Å². The molecular formula is C14H20BrNO. The monoisotopic (exact) mass is 297 g/mol. The van der Waals surface area contributed by atoms with Gasteiger partial charge >= 0.3 is 0 Å². The quantitative estimate of drug-likeness (QED) is 0.894. The maximum Gasteiger partial charge on any atom is 0.0474 e. The Hall–Kier alpha value is -0.380. The molecule has 3 heteroatoms. The molecule has 0 aliphatic heterocycles. The molecule has 0 amide bonds. The van der Waals surface area contributed by atoms with Gasteiger partial charge in [-0.15, -0.1) is 0 Å². The molecule has 1 aliphatic rings. The van der Waals surface area contributed by atoms with E-state index in [0.29, 0.717) is 24.6 Å². The van der Waals surface area contributed by atoms with Crippen LogP contribution in [0.1, 0.15) is 37.8 Å². The first-order valence-electron chi connectivity index (χ1n) is 6.33. The molecule has 2 N–H and O–H groups in total. The van der Waals surface area contributed by atoms with Crippen molar-refractivity contribution >= 4 is 15.9 Å². The van der Waals surface area contributed by atoms with Gasteiger partial charge in [0.25, 0.3) is 0 Å². The third-order valence-electron chi connectivity index (χ3n) is 3.71. The van der Waals surface area contributed by atoms with Crippen molar-refractivity contribution in [3.63, 3.8) is 0 Å². The number of benzene rings is 1. The van der Waals surface area contributed by atoms with Crippen molar-refractivity contribution in [2.45, 2.75) is 38.3 Å². The van der Waals surface area contributed by atoms with E-state index in [9.17, 15) is 5.11 Å². The lowest BCUT2D eigenvalue weighted by Crippen LogP contribution is -2.35. The molecule has 1 fully saturated rings. The largest absolute Gasteiger partial charge is 0.396 e. The van der Waals surface area contributed by atoms with E-state index in [0.717, 1.165) is 10.9 Å². The summed E-state index contributed by atoms with van der Waals surface area (Å²) < 4.78 is 1.12. The van der Waals surface area contributed by atoms with Gasteiger partial charge in [0, 0.05) is 23.2 Å². The first-order chi connectivity index (χ1) is 8.20. The third kappa shape index (κ3) is 3.30. The average Bonchev–Trinajstić information content (AvgIpc) is 2.76. The molecular weight excluding hydrogens is 278 g/mol. The first-order valence-corrected chi connectivity index (χ1v) is 7.12. The fraction of sp³-hybridized carbons (Fsp3) is 0.571. The van der Waals surface area contributed by atoms with Crippen LogP contribution in [0.25, 0.3) is 0 Å². The number of hydrogen-bond donors (Lipinski definition) is 2. The molecule has 0 aromatic heterocycles. The molecule has 1 aliphatic carbocycles. The van der Waals surface area contributed by atoms with Gasteiger partial charge in [-0.25, -0.2) is 0 Å². The lowest BCUT2D eigenvalue weighted by molar-refractivity contribution is 0.200. The van der Waals surface area contributed by atoms with Crippen LogP contribution in [-0.4, -0.2) is 17.8 Å². The fourth-order valence-corrected chi connectivity index (χ4v) is 3.08. The van der Waals surface area contributed by atoms with Crippen LogP contribution in [0.5, 0.6) is 0 Å². The number of nitrogens with one attached hydrogen (secondary N) is 1. The van der Waals surface area contributed by atoms with Crippen LogP contribution in [0, 0.1) is 5.92 Å². The summed E-state index contributed by atoms with van der Waals surface area (Å²) in [5.74, 6) is 0.435. The van der Waals surface area contributed by atoms with E-state index in [4.69, 9.17) is 0 Å². The molecule has 2 rings (SSSR count). The Morgan fingerprint density at radius 1 is 1.47 bits per heavy atom. The Morgan fingerprint density at radius 2 is 2.29 bits per heavy atom. The topological polar surface area (TPSA) is 32.3 Å². The highest BCUT2D eigenvalue weighted by Crippen LogP contribution is 2.28. The minimum absolute atomic E-state index is 0.308. The molecule has 94 valence electrons. The lowest BCUT2D eigenvalue weighted by Gasteiger charge is -2.24. The van der Waals surface area contributed by atoms with Crippen LogP contribution >= 0.6 is 15.9 Å². The SMILES string of the molecule is CC(NC1CCCC1CO)c1cccc(Br)c1. The number of aliphatic hydroxyl groups excluding tert-OH is 1. The van der Waals surface area contributed by atoms with Gasteiger partial charge in [0.15, 0.2) is 0 Å². The molecule has 3 atom stereocenters. The number of halogens is 1. The maximum absolute atomic E-state index is 9.32. The van der Waals surface area contributed by atoms with Crippen LogP contribution in [-0.2, 0) is 0 Å². The van der Waals surface area contributed by atoms with E-state index < -0.39 is 0 Å². The average molecular weight is 298 g/mol. The van der Waals surface area contributed by atoms with Gasteiger partial charge in [-0.05, 0) is 43.4 Å². The van der Waals surface area contributed by atoms with Crippen LogP contribution in [0.4, 0.5) is 0 Å². The predicted molar refractivity (Wildman–Crippen MR) is 73.9 cm³/mol. The second kappa shape index (κ2) is 5.98. The van der Waals surface area contributed by atoms with Crippen LogP contribution in [0.2, 0.25) is 0 Å². The van der Waals surface area contributed by atoms with E-state index in [1.165, 1.54) is 18.4 Å². The molecule has 0 saturated heterocycles. The molecule has 0 spiro atoms. The van der Waals surface area contributed by atoms with Gasteiger partial charge in [0.2, 0.25) is 0 Å². The second-order valence-electron chi connectivity index (χ2n) is 4.92. The normalized spacial score (nSPS) is 26.1. The van der Waals surface area contributed by atoms with Gasteiger partial charge in [-0.3, -0.25) is 0 Å². The van der Waals surface area contributed by atoms with E-state index in [1.807, 2.05) is 6.07 Å². The summed E-state index contributed by atoms with van der Waals surface area (Å²) in [7, 11) is 0. The molecule has 0 bridgehead atoms. The summed E-state index contributed by atoms with van der Waals surface area (Å²) in [4.78, 5) is 0. The maximum atomic E-state index is 9.32. The lowest BCUT2D eigenvalue weighted by atomic mass is 10.0. The van der Waals surface area contributed by atoms with Crippen molar-refractivity contribution in [2.75, 3.05) is 6.61 Å². The third-order valence-corrected chi connectivity index (χ3v) is 4.20. The van der Waals surface area contributed by atoms with Gasteiger partial charge in [0.1, 0.15) is 0 Å². The van der Waals surface area contributed by atoms with Gasteiger partial charge in [0.05, 0.1) is 0 Å². The molecule has 0 radical (unpaired) electrons. The van der Waals surface area contributed by atoms with Crippen molar-refractivity contribution < 1.29 is 5.11 Å². The number of rotatable bonds is 4. The molecule has 2 nitrogen and oxygen atoms in total. The van der Waals surface area contributed by atoms with Crippen LogP contribution in [0.15, 0.2) is 28.7 Å². The molecule has 3 unspecified atom stereocenters. The van der Waals surface area contributed by atoms with E-state index in [2.05, 4.69) is 46.4 Å². The van der Waals surface area contributed by atoms with Crippen molar-refractivity contribution in [3.05, 3.63) is 34.3 Å². The molecule has 17 heavy (non-hydrogen) atoms. The van der Waals surface area contributed by atoms with Gasteiger partial charge in [-0.1, -0.05) is 34.5 Å². The molecule has 1 saturated carbocycles. The summed E-state index contributed by atoms with van der Waals surface area (Å²) in [6, 6.07) is 9.21. The van der Waals surface area contributed by atoms with Crippen LogP contribution in [0.3, 0.4) is 0 Å². The number of hydrogen-bond acceptors (Lipinski definition) is 2. The molecule has 1 aromatic rings. The van der Waals surface area contributed by atoms with E-state index in [-0.39, 0.29) is 0 Å². The highest BCUT2D eigenvalue weighted by molar-refractivity contribution is 9.10. The Bertz CT molecular complexity index is 369. The second-order valence-corrected chi connectivity index (χ2v) is 5.84. The standard InChI is InChI=1S/C14H20BrNO/c1-10(11-4-2-6-13(15)8-11)16-14-7-3-5-12(14)9-17/h2,4,6,8,10,12,14,16-17H,3,5,7,9H2,1H3.